The van der Waals surface area contributed by atoms with Gasteiger partial charge in [-0.25, -0.2) is 4.68 Å². The van der Waals surface area contributed by atoms with Crippen LogP contribution in [0, 0.1) is 0 Å². The molecule has 2 heterocycles. The van der Waals surface area contributed by atoms with Gasteiger partial charge in [0.1, 0.15) is 11.6 Å². The highest BCUT2D eigenvalue weighted by atomic mass is 32.2. The third-order valence-corrected chi connectivity index (χ3v) is 6.33. The molecule has 2 aromatic heterocycles. The highest BCUT2D eigenvalue weighted by molar-refractivity contribution is 8.00. The van der Waals surface area contributed by atoms with E-state index in [1.807, 2.05) is 54.9 Å². The molecular formula is C22H28N6OS. The Morgan fingerprint density at radius 1 is 1.20 bits per heavy atom. The molecule has 0 bridgehead atoms. The summed E-state index contributed by atoms with van der Waals surface area (Å²) in [5.74, 6) is 2.12. The van der Waals surface area contributed by atoms with Gasteiger partial charge in [0.2, 0.25) is 5.91 Å². The summed E-state index contributed by atoms with van der Waals surface area (Å²) in [5, 5.41) is 16.9. The fraction of sp³-hybridized carbons (Fsp3) is 0.455. The van der Waals surface area contributed by atoms with Crippen LogP contribution in [0.25, 0.3) is 5.69 Å². The number of benzene rings is 1. The van der Waals surface area contributed by atoms with Crippen LogP contribution in [-0.2, 0) is 17.3 Å². The predicted molar refractivity (Wildman–Crippen MR) is 119 cm³/mol. The maximum atomic E-state index is 13.0. The second-order valence-electron chi connectivity index (χ2n) is 8.84. The van der Waals surface area contributed by atoms with Gasteiger partial charge in [-0.2, -0.15) is 5.10 Å². The zero-order valence-corrected chi connectivity index (χ0v) is 18.9. The highest BCUT2D eigenvalue weighted by Crippen LogP contribution is 2.39. The molecule has 30 heavy (non-hydrogen) atoms. The first kappa shape index (κ1) is 20.7. The Bertz CT molecular complexity index is 1050. The molecule has 7 nitrogen and oxygen atoms in total. The normalized spacial score (nSPS) is 15.2. The van der Waals surface area contributed by atoms with E-state index in [-0.39, 0.29) is 16.6 Å². The monoisotopic (exact) mass is 424 g/mol. The molecule has 0 aliphatic heterocycles. The Balaban J connectivity index is 1.54. The standard InChI is InChI=1S/C22H28N6OS/c1-14(30-21-25-24-19(27(21)5)15-11-12-15)20(29)23-18-13-17(22(2,3)4)26-28(18)16-9-7-6-8-10-16/h6-10,13-15H,11-12H2,1-5H3,(H,23,29)/t14-/m1/s1. The van der Waals surface area contributed by atoms with E-state index < -0.39 is 0 Å². The Kier molecular flexibility index (Phi) is 5.44. The van der Waals surface area contributed by atoms with Crippen LogP contribution in [0.2, 0.25) is 0 Å². The number of thioether (sulfide) groups is 1. The number of nitrogens with zero attached hydrogens (tertiary/aromatic N) is 5. The second-order valence-corrected chi connectivity index (χ2v) is 10.1. The number of para-hydroxylation sites is 1. The van der Waals surface area contributed by atoms with Gasteiger partial charge < -0.3 is 9.88 Å². The minimum absolute atomic E-state index is 0.0893. The quantitative estimate of drug-likeness (QED) is 0.597. The van der Waals surface area contributed by atoms with Crippen LogP contribution in [0.5, 0.6) is 0 Å². The van der Waals surface area contributed by atoms with Gasteiger partial charge in [-0.1, -0.05) is 50.7 Å². The van der Waals surface area contributed by atoms with E-state index >= 15 is 0 Å². The van der Waals surface area contributed by atoms with Crippen molar-refractivity contribution >= 4 is 23.5 Å². The molecule has 4 rings (SSSR count). The summed E-state index contributed by atoms with van der Waals surface area (Å²) < 4.78 is 3.81. The summed E-state index contributed by atoms with van der Waals surface area (Å²) in [5.41, 5.74) is 1.70. The third-order valence-electron chi connectivity index (χ3n) is 5.19. The molecule has 1 aliphatic carbocycles. The van der Waals surface area contributed by atoms with Crippen LogP contribution in [0.4, 0.5) is 5.82 Å². The van der Waals surface area contributed by atoms with Gasteiger partial charge in [-0.3, -0.25) is 4.79 Å². The number of aromatic nitrogens is 5. The summed E-state index contributed by atoms with van der Waals surface area (Å²) in [6.07, 6.45) is 2.35. The molecule has 0 spiro atoms. The molecule has 1 aliphatic rings. The molecule has 1 amide bonds. The Morgan fingerprint density at radius 3 is 2.53 bits per heavy atom. The average Bonchev–Trinajstić information content (AvgIpc) is 3.35. The van der Waals surface area contributed by atoms with Crippen LogP contribution in [0.1, 0.15) is 58.0 Å². The van der Waals surface area contributed by atoms with Crippen molar-refractivity contribution in [3.05, 3.63) is 47.9 Å². The highest BCUT2D eigenvalue weighted by Gasteiger charge is 2.30. The van der Waals surface area contributed by atoms with Crippen LogP contribution < -0.4 is 5.32 Å². The van der Waals surface area contributed by atoms with E-state index in [9.17, 15) is 4.79 Å². The lowest BCUT2D eigenvalue weighted by Crippen LogP contribution is -2.24. The van der Waals surface area contributed by atoms with E-state index in [2.05, 4.69) is 36.3 Å². The number of amides is 1. The van der Waals surface area contributed by atoms with E-state index in [1.54, 1.807) is 4.68 Å². The lowest BCUT2D eigenvalue weighted by molar-refractivity contribution is -0.115. The van der Waals surface area contributed by atoms with E-state index in [1.165, 1.54) is 24.6 Å². The number of carbonyl (C=O) groups is 1. The zero-order valence-electron chi connectivity index (χ0n) is 18.1. The molecule has 1 aromatic carbocycles. The summed E-state index contributed by atoms with van der Waals surface area (Å²) in [6.45, 7) is 8.22. The first-order valence-electron chi connectivity index (χ1n) is 10.3. The molecule has 0 unspecified atom stereocenters. The van der Waals surface area contributed by atoms with Crippen molar-refractivity contribution in [2.45, 2.75) is 62.3 Å². The Hall–Kier alpha value is -2.61. The molecule has 1 N–H and O–H groups in total. The van der Waals surface area contributed by atoms with Gasteiger partial charge in [0.25, 0.3) is 0 Å². The van der Waals surface area contributed by atoms with Crippen LogP contribution in [0.15, 0.2) is 41.6 Å². The van der Waals surface area contributed by atoms with Gasteiger partial charge in [-0.15, -0.1) is 10.2 Å². The largest absolute Gasteiger partial charge is 0.310 e. The number of hydrogen-bond donors (Lipinski definition) is 1. The van der Waals surface area contributed by atoms with Crippen LogP contribution >= 0.6 is 11.8 Å². The lowest BCUT2D eigenvalue weighted by atomic mass is 9.92. The second kappa shape index (κ2) is 7.91. The van der Waals surface area contributed by atoms with Crippen molar-refractivity contribution in [1.82, 2.24) is 24.5 Å². The molecule has 1 fully saturated rings. The van der Waals surface area contributed by atoms with E-state index in [0.717, 1.165) is 22.4 Å². The van der Waals surface area contributed by atoms with Gasteiger partial charge >= 0.3 is 0 Å². The minimum atomic E-state index is -0.322. The van der Waals surface area contributed by atoms with Crippen molar-refractivity contribution < 1.29 is 4.79 Å². The predicted octanol–water partition coefficient (Wildman–Crippen LogP) is 4.30. The number of rotatable bonds is 6. The van der Waals surface area contributed by atoms with Crippen molar-refractivity contribution in [3.8, 4) is 5.69 Å². The molecule has 0 radical (unpaired) electrons. The molecule has 1 saturated carbocycles. The number of carbonyl (C=O) groups excluding carboxylic acids is 1. The summed E-state index contributed by atoms with van der Waals surface area (Å²) in [6, 6.07) is 11.8. The fourth-order valence-corrected chi connectivity index (χ4v) is 3.99. The van der Waals surface area contributed by atoms with Gasteiger partial charge in [0.05, 0.1) is 16.6 Å². The summed E-state index contributed by atoms with van der Waals surface area (Å²) in [7, 11) is 1.97. The van der Waals surface area contributed by atoms with Crippen molar-refractivity contribution in [3.63, 3.8) is 0 Å². The van der Waals surface area contributed by atoms with E-state index in [0.29, 0.717) is 11.7 Å². The van der Waals surface area contributed by atoms with Crippen LogP contribution in [-0.4, -0.2) is 35.7 Å². The molecule has 3 aromatic rings. The van der Waals surface area contributed by atoms with Crippen molar-refractivity contribution in [2.75, 3.05) is 5.32 Å². The maximum absolute atomic E-state index is 13.0. The topological polar surface area (TPSA) is 77.6 Å². The van der Waals surface area contributed by atoms with E-state index in [4.69, 9.17) is 5.10 Å². The number of anilines is 1. The molecule has 1 atom stereocenters. The number of nitrogens with one attached hydrogen (secondary N) is 1. The van der Waals surface area contributed by atoms with Gasteiger partial charge in [-0.05, 0) is 31.9 Å². The zero-order chi connectivity index (χ0) is 21.5. The molecule has 158 valence electrons. The van der Waals surface area contributed by atoms with Crippen molar-refractivity contribution in [1.29, 1.82) is 0 Å². The van der Waals surface area contributed by atoms with Gasteiger partial charge in [0, 0.05) is 24.4 Å². The van der Waals surface area contributed by atoms with Crippen LogP contribution in [0.3, 0.4) is 0 Å². The smallest absolute Gasteiger partial charge is 0.238 e. The number of hydrogen-bond acceptors (Lipinski definition) is 5. The molecule has 0 saturated heterocycles. The maximum Gasteiger partial charge on any atom is 0.238 e. The Labute approximate surface area is 181 Å². The first-order valence-corrected chi connectivity index (χ1v) is 11.1. The Morgan fingerprint density at radius 2 is 1.90 bits per heavy atom. The SMILES string of the molecule is C[C@@H](Sc1nnc(C2CC2)n1C)C(=O)Nc1cc(C(C)(C)C)nn1-c1ccccc1. The van der Waals surface area contributed by atoms with Crippen molar-refractivity contribution in [2.24, 2.45) is 7.05 Å². The summed E-state index contributed by atoms with van der Waals surface area (Å²) >= 11 is 1.43. The summed E-state index contributed by atoms with van der Waals surface area (Å²) in [4.78, 5) is 13.0. The minimum Gasteiger partial charge on any atom is -0.310 e. The third kappa shape index (κ3) is 4.28. The molecular weight excluding hydrogens is 396 g/mol. The lowest BCUT2D eigenvalue weighted by Gasteiger charge is -2.14. The first-order chi connectivity index (χ1) is 14.2. The fourth-order valence-electron chi connectivity index (χ4n) is 3.17. The molecule has 8 heteroatoms. The van der Waals surface area contributed by atoms with Gasteiger partial charge in [0.15, 0.2) is 5.16 Å². The average molecular weight is 425 g/mol.